The summed E-state index contributed by atoms with van der Waals surface area (Å²) in [7, 11) is 1.60. The third kappa shape index (κ3) is 3.70. The van der Waals surface area contributed by atoms with Gasteiger partial charge >= 0.3 is 6.03 Å². The summed E-state index contributed by atoms with van der Waals surface area (Å²) in [5, 5.41) is 5.82. The molecule has 1 heterocycles. The molecular weight excluding hydrogens is 358 g/mol. The number of nitrogens with zero attached hydrogens (tertiary/aromatic N) is 1. The van der Waals surface area contributed by atoms with Crippen LogP contribution in [-0.4, -0.2) is 41.9 Å². The summed E-state index contributed by atoms with van der Waals surface area (Å²) in [4.78, 5) is 39.1. The van der Waals surface area contributed by atoms with Gasteiger partial charge in [-0.05, 0) is 42.9 Å². The van der Waals surface area contributed by atoms with E-state index >= 15 is 0 Å². The van der Waals surface area contributed by atoms with Crippen LogP contribution in [0.1, 0.15) is 57.6 Å². The third-order valence-corrected chi connectivity index (χ3v) is 6.06. The first kappa shape index (κ1) is 20.2. The third-order valence-electron chi connectivity index (χ3n) is 6.06. The van der Waals surface area contributed by atoms with Crippen molar-refractivity contribution in [1.29, 1.82) is 0 Å². The van der Waals surface area contributed by atoms with Gasteiger partial charge in [-0.3, -0.25) is 14.5 Å². The van der Waals surface area contributed by atoms with Crippen LogP contribution in [0.4, 0.5) is 4.79 Å². The first-order valence-corrected chi connectivity index (χ1v) is 9.98. The average Bonchev–Trinajstić information content (AvgIpc) is 2.93. The van der Waals surface area contributed by atoms with Crippen molar-refractivity contribution in [2.45, 2.75) is 57.5 Å². The van der Waals surface area contributed by atoms with E-state index in [2.05, 4.69) is 10.6 Å². The predicted octanol–water partition coefficient (Wildman–Crippen LogP) is 2.76. The van der Waals surface area contributed by atoms with Gasteiger partial charge in [-0.25, -0.2) is 4.79 Å². The highest BCUT2D eigenvalue weighted by atomic mass is 16.5. The summed E-state index contributed by atoms with van der Waals surface area (Å²) in [5.41, 5.74) is 0.113. The average molecular weight is 387 g/mol. The molecule has 28 heavy (non-hydrogen) atoms. The lowest BCUT2D eigenvalue weighted by Gasteiger charge is -2.36. The van der Waals surface area contributed by atoms with Gasteiger partial charge in [-0.2, -0.15) is 0 Å². The highest BCUT2D eigenvalue weighted by molar-refractivity contribution is 6.09. The Morgan fingerprint density at radius 2 is 2.04 bits per heavy atom. The van der Waals surface area contributed by atoms with Crippen LogP contribution in [0.5, 0.6) is 5.75 Å². The number of ether oxygens (including phenoxy) is 1. The van der Waals surface area contributed by atoms with E-state index < -0.39 is 11.6 Å². The molecule has 152 valence electrons. The van der Waals surface area contributed by atoms with E-state index in [1.165, 1.54) is 0 Å². The van der Waals surface area contributed by atoms with Crippen LogP contribution in [0.2, 0.25) is 0 Å². The number of urea groups is 1. The molecule has 1 aliphatic heterocycles. The molecule has 0 aromatic heterocycles. The van der Waals surface area contributed by atoms with E-state index in [4.69, 9.17) is 4.74 Å². The van der Waals surface area contributed by atoms with Crippen LogP contribution in [0.25, 0.3) is 0 Å². The number of carbonyl (C=O) groups excluding carboxylic acids is 3. The van der Waals surface area contributed by atoms with Crippen molar-refractivity contribution in [3.05, 3.63) is 29.8 Å². The Hall–Kier alpha value is -2.57. The lowest BCUT2D eigenvalue weighted by Crippen LogP contribution is -2.54. The molecule has 0 unspecified atom stereocenters. The predicted molar refractivity (Wildman–Crippen MR) is 105 cm³/mol. The molecule has 3 rings (SSSR count). The highest BCUT2D eigenvalue weighted by Crippen LogP contribution is 2.38. The number of nitrogens with one attached hydrogen (secondary N) is 2. The number of methoxy groups -OCH3 is 1. The van der Waals surface area contributed by atoms with Gasteiger partial charge in [0.15, 0.2) is 0 Å². The molecule has 4 amide bonds. The fourth-order valence-electron chi connectivity index (χ4n) is 4.28. The van der Waals surface area contributed by atoms with E-state index in [-0.39, 0.29) is 30.3 Å². The first-order valence-electron chi connectivity index (χ1n) is 9.98. The van der Waals surface area contributed by atoms with Gasteiger partial charge in [0.2, 0.25) is 5.91 Å². The maximum atomic E-state index is 13.0. The van der Waals surface area contributed by atoms with Gasteiger partial charge in [0.05, 0.1) is 13.2 Å². The van der Waals surface area contributed by atoms with Gasteiger partial charge in [-0.1, -0.05) is 38.8 Å². The lowest BCUT2D eigenvalue weighted by molar-refractivity contribution is -0.137. The van der Waals surface area contributed by atoms with Crippen molar-refractivity contribution in [1.82, 2.24) is 15.5 Å². The van der Waals surface area contributed by atoms with Crippen molar-refractivity contribution in [2.75, 3.05) is 13.7 Å². The number of rotatable bonds is 6. The van der Waals surface area contributed by atoms with Gasteiger partial charge < -0.3 is 15.4 Å². The number of imide groups is 1. The minimum absolute atomic E-state index is 0.0773. The minimum Gasteiger partial charge on any atom is -0.497 e. The highest BCUT2D eigenvalue weighted by Gasteiger charge is 2.55. The van der Waals surface area contributed by atoms with Crippen molar-refractivity contribution in [2.24, 2.45) is 5.92 Å². The monoisotopic (exact) mass is 387 g/mol. The minimum atomic E-state index is -0.838. The molecule has 7 heteroatoms. The van der Waals surface area contributed by atoms with E-state index in [9.17, 15) is 14.4 Å². The number of benzene rings is 1. The van der Waals surface area contributed by atoms with E-state index in [0.29, 0.717) is 12.8 Å². The first-order chi connectivity index (χ1) is 13.4. The fourth-order valence-corrected chi connectivity index (χ4v) is 4.28. The number of hydrogen-bond acceptors (Lipinski definition) is 4. The molecule has 1 saturated heterocycles. The van der Waals surface area contributed by atoms with Crippen LogP contribution in [-0.2, 0) is 9.59 Å². The van der Waals surface area contributed by atoms with Crippen LogP contribution in [0, 0.1) is 5.92 Å². The molecule has 3 atom stereocenters. The Morgan fingerprint density at radius 1 is 1.32 bits per heavy atom. The standard InChI is InChI=1S/C21H29N3O4/c1-4-17(15-8-10-16(28-3)11-9-15)22-18(25)13-24-19(26)21(23-20(24)27)12-6-5-7-14(21)2/h8-11,14,17H,4-7,12-13H2,1-3H3,(H,22,25)(H,23,27)/t14-,17+,21-/m1/s1. The fraction of sp³-hybridized carbons (Fsp3) is 0.571. The van der Waals surface area contributed by atoms with Crippen LogP contribution >= 0.6 is 0 Å². The summed E-state index contributed by atoms with van der Waals surface area (Å²) in [6.45, 7) is 3.71. The number of carbonyl (C=O) groups is 3. The normalized spacial score (nSPS) is 25.5. The molecule has 1 aromatic rings. The molecular formula is C21H29N3O4. The van der Waals surface area contributed by atoms with Gasteiger partial charge in [0.1, 0.15) is 17.8 Å². The zero-order valence-electron chi connectivity index (χ0n) is 16.8. The number of amides is 4. The lowest BCUT2D eigenvalue weighted by atomic mass is 9.73. The molecule has 0 bridgehead atoms. The Morgan fingerprint density at radius 3 is 2.64 bits per heavy atom. The van der Waals surface area contributed by atoms with Crippen molar-refractivity contribution in [3.63, 3.8) is 0 Å². The quantitative estimate of drug-likeness (QED) is 0.735. The maximum absolute atomic E-state index is 13.0. The smallest absolute Gasteiger partial charge is 0.325 e. The molecule has 2 N–H and O–H groups in total. The van der Waals surface area contributed by atoms with Crippen molar-refractivity contribution < 1.29 is 19.1 Å². The number of hydrogen-bond donors (Lipinski definition) is 2. The zero-order valence-corrected chi connectivity index (χ0v) is 16.8. The summed E-state index contributed by atoms with van der Waals surface area (Å²) < 4.78 is 5.16. The second-order valence-corrected chi connectivity index (χ2v) is 7.74. The molecule has 1 spiro atoms. The molecule has 1 aliphatic carbocycles. The van der Waals surface area contributed by atoms with Crippen LogP contribution in [0.15, 0.2) is 24.3 Å². The van der Waals surface area contributed by atoms with Crippen LogP contribution in [0.3, 0.4) is 0 Å². The topological polar surface area (TPSA) is 87.7 Å². The van der Waals surface area contributed by atoms with E-state index in [1.54, 1.807) is 7.11 Å². The second-order valence-electron chi connectivity index (χ2n) is 7.74. The molecule has 2 aliphatic rings. The molecule has 7 nitrogen and oxygen atoms in total. The van der Waals surface area contributed by atoms with Gasteiger partial charge in [-0.15, -0.1) is 0 Å². The van der Waals surface area contributed by atoms with Crippen molar-refractivity contribution in [3.8, 4) is 5.75 Å². The van der Waals surface area contributed by atoms with Gasteiger partial charge in [0.25, 0.3) is 5.91 Å². The van der Waals surface area contributed by atoms with Gasteiger partial charge in [0, 0.05) is 0 Å². The summed E-state index contributed by atoms with van der Waals surface area (Å²) >= 11 is 0. The largest absolute Gasteiger partial charge is 0.497 e. The molecule has 1 saturated carbocycles. The van der Waals surface area contributed by atoms with Crippen LogP contribution < -0.4 is 15.4 Å². The second kappa shape index (κ2) is 8.20. The molecule has 0 radical (unpaired) electrons. The Balaban J connectivity index is 1.66. The zero-order chi connectivity index (χ0) is 20.3. The Labute approximate surface area is 165 Å². The van der Waals surface area contributed by atoms with Crippen molar-refractivity contribution >= 4 is 17.8 Å². The summed E-state index contributed by atoms with van der Waals surface area (Å²) in [6, 6.07) is 6.83. The maximum Gasteiger partial charge on any atom is 0.325 e. The Bertz CT molecular complexity index is 749. The SMILES string of the molecule is CC[C@H](NC(=O)CN1C(=O)N[C@@]2(CCCC[C@H]2C)C1=O)c1ccc(OC)cc1. The van der Waals surface area contributed by atoms with E-state index in [0.717, 1.165) is 35.5 Å². The van der Waals surface area contributed by atoms with E-state index in [1.807, 2.05) is 38.1 Å². The molecule has 2 fully saturated rings. The Kier molecular flexibility index (Phi) is 5.91. The summed E-state index contributed by atoms with van der Waals surface area (Å²) in [6.07, 6.45) is 4.21. The summed E-state index contributed by atoms with van der Waals surface area (Å²) in [5.74, 6) is 0.216. The molecule has 1 aromatic carbocycles.